The van der Waals surface area contributed by atoms with E-state index in [1.54, 1.807) is 23.5 Å². The fourth-order valence-electron chi connectivity index (χ4n) is 14.8. The third-order valence-electron chi connectivity index (χ3n) is 21.0. The number of piperazine rings is 2. The third kappa shape index (κ3) is 21.5. The van der Waals surface area contributed by atoms with E-state index in [0.717, 1.165) is 135 Å². The van der Waals surface area contributed by atoms with Gasteiger partial charge >= 0.3 is 5.51 Å². The molecule has 107 heavy (non-hydrogen) atoms. The molecule has 6 atom stereocenters. The van der Waals surface area contributed by atoms with E-state index in [1.165, 1.54) is 45.5 Å². The van der Waals surface area contributed by atoms with Crippen LogP contribution in [0.4, 0.5) is 24.5 Å². The monoisotopic (exact) mass is 1570 g/mol. The number of hydrogen-bond acceptors (Lipinski definition) is 18. The summed E-state index contributed by atoms with van der Waals surface area (Å²) >= 11 is 10.2. The summed E-state index contributed by atoms with van der Waals surface area (Å²) in [6.07, 6.45) is 3.00. The molecule has 0 spiro atoms. The van der Waals surface area contributed by atoms with Gasteiger partial charge in [-0.15, -0.1) is 23.1 Å². The molecule has 28 heteroatoms. The minimum atomic E-state index is -5.81. The number of amides is 5. The number of anilines is 2. The lowest BCUT2D eigenvalue weighted by Gasteiger charge is -2.44. The summed E-state index contributed by atoms with van der Waals surface area (Å²) in [5.74, 6) is -1.26. The first kappa shape index (κ1) is 81.0. The van der Waals surface area contributed by atoms with Gasteiger partial charge in [-0.1, -0.05) is 99.5 Å². The van der Waals surface area contributed by atoms with Crippen LogP contribution in [-0.2, 0) is 33.8 Å². The Balaban J connectivity index is 0.635. The zero-order valence-corrected chi connectivity index (χ0v) is 65.7. The molecule has 5 aliphatic rings. The fourth-order valence-corrected chi connectivity index (χ4v) is 18.4. The zero-order valence-electron chi connectivity index (χ0n) is 61.7. The summed E-state index contributed by atoms with van der Waals surface area (Å²) in [7, 11) is -5.81. The first-order chi connectivity index (χ1) is 51.1. The highest BCUT2D eigenvalue weighted by atomic mass is 35.5. The summed E-state index contributed by atoms with van der Waals surface area (Å²) in [5, 5.41) is 20.6. The number of nitrogens with one attached hydrogen (secondary N) is 4. The molecule has 5 amide bonds. The number of ether oxygens (including phenoxy) is 1. The first-order valence-electron chi connectivity index (χ1n) is 36.9. The summed E-state index contributed by atoms with van der Waals surface area (Å²) in [6.45, 7) is 22.3. The van der Waals surface area contributed by atoms with Crippen LogP contribution in [0.3, 0.4) is 0 Å². The molecular formula is C79H99ClF3N11O9S4. The molecule has 4 saturated heterocycles. The van der Waals surface area contributed by atoms with Gasteiger partial charge in [0.25, 0.3) is 15.7 Å². The van der Waals surface area contributed by atoms with E-state index in [2.05, 4.69) is 64.3 Å². The van der Waals surface area contributed by atoms with Crippen molar-refractivity contribution in [1.82, 2.24) is 44.8 Å². The van der Waals surface area contributed by atoms with Gasteiger partial charge in [-0.05, 0) is 158 Å². The standard InChI is InChI=1S/C79H99ClF3N11O9S4/c1-53(55-15-17-57(18-16-55)72-54(2)84-52-105-72)85-75(99)68-45-63(95)49-94(68)76(100)73(77(3,4)5)87-70(96)13-10-14-71(97)93-39-35-91(36-40-93)51-78(6)31-29-66(56-19-23-60(80)24-20-56)59(47-78)48-90-33-37-92(38-34-90)62-25-21-58(22-26-62)74(98)88-106-65-27-28-67(69(46-65)107(101,102)79(81,82)83)86-61(30-32-89-41-43-103-44-42-89)50-104-64-11-8-7-9-12-64/h7-9,11-12,15-28,46,52-53,61,63,68,73,86,95H,10,13-14,29-45,47-51H2,1-6H3,(H,85,99)(H,87,96)(H,88,98)/t53-,61+,63+,68-,73+,78?/m0/s1. The van der Waals surface area contributed by atoms with Crippen LogP contribution >= 0.6 is 46.6 Å². The van der Waals surface area contributed by atoms with Crippen molar-refractivity contribution in [3.05, 3.63) is 160 Å². The van der Waals surface area contributed by atoms with Crippen molar-refractivity contribution in [2.24, 2.45) is 10.8 Å². The van der Waals surface area contributed by atoms with Gasteiger partial charge in [0.1, 0.15) is 17.0 Å². The molecule has 1 aromatic heterocycles. The Morgan fingerprint density at radius 2 is 1.49 bits per heavy atom. The normalized spacial score (nSPS) is 20.3. The third-order valence-corrected chi connectivity index (χ3v) is 25.7. The highest BCUT2D eigenvalue weighted by molar-refractivity contribution is 7.99. The highest BCUT2D eigenvalue weighted by Gasteiger charge is 2.49. The van der Waals surface area contributed by atoms with Crippen LogP contribution in [-0.4, -0.2) is 213 Å². The van der Waals surface area contributed by atoms with Gasteiger partial charge in [0.05, 0.1) is 47.1 Å². The number of alkyl halides is 3. The van der Waals surface area contributed by atoms with Gasteiger partial charge in [-0.25, -0.2) is 13.4 Å². The number of thioether (sulfide) groups is 1. The smallest absolute Gasteiger partial charge is 0.391 e. The molecule has 6 aromatic rings. The molecule has 0 bridgehead atoms. The maximum absolute atomic E-state index is 14.4. The van der Waals surface area contributed by atoms with Gasteiger partial charge in [0, 0.05) is 149 Å². The van der Waals surface area contributed by atoms with Gasteiger partial charge in [-0.2, -0.15) is 13.2 Å². The second-order valence-electron chi connectivity index (χ2n) is 30.1. The van der Waals surface area contributed by atoms with Crippen LogP contribution in [0.15, 0.2) is 147 Å². The number of aromatic nitrogens is 1. The number of benzene rings is 5. The first-order valence-corrected chi connectivity index (χ1v) is 41.4. The molecule has 4 aliphatic heterocycles. The summed E-state index contributed by atoms with van der Waals surface area (Å²) in [6, 6.07) is 33.9. The lowest BCUT2D eigenvalue weighted by molar-refractivity contribution is -0.144. The van der Waals surface area contributed by atoms with Crippen LogP contribution in [0.5, 0.6) is 0 Å². The molecule has 0 saturated carbocycles. The number of likely N-dealkylation sites (tertiary alicyclic amines) is 1. The summed E-state index contributed by atoms with van der Waals surface area (Å²) in [5.41, 5.74) is 3.34. The fraction of sp³-hybridized carbons (Fsp3) is 0.494. The number of thiazole rings is 1. The number of aliphatic hydroxyl groups excluding tert-OH is 1. The van der Waals surface area contributed by atoms with Crippen LogP contribution in [0.1, 0.15) is 119 Å². The van der Waals surface area contributed by atoms with Gasteiger partial charge in [-0.3, -0.25) is 43.4 Å². The minimum Gasteiger partial charge on any atom is -0.391 e. The topological polar surface area (TPSA) is 229 Å². The molecule has 0 radical (unpaired) electrons. The molecule has 1 aliphatic carbocycles. The maximum Gasteiger partial charge on any atom is 0.501 e. The molecule has 5 aromatic carbocycles. The number of sulfone groups is 1. The number of morpholine rings is 1. The summed E-state index contributed by atoms with van der Waals surface area (Å²) in [4.78, 5) is 87.6. The Hall–Kier alpha value is -7.05. The van der Waals surface area contributed by atoms with Crippen molar-refractivity contribution < 1.29 is 55.4 Å². The maximum atomic E-state index is 14.4. The van der Waals surface area contributed by atoms with Crippen molar-refractivity contribution in [3.63, 3.8) is 0 Å². The average Bonchev–Trinajstić information content (AvgIpc) is 1.64. The number of carbonyl (C=O) groups excluding carboxylic acids is 5. The van der Waals surface area contributed by atoms with Crippen molar-refractivity contribution in [2.75, 3.05) is 121 Å². The Bertz CT molecular complexity index is 4190. The molecular weight excluding hydrogens is 1470 g/mol. The van der Waals surface area contributed by atoms with Gasteiger partial charge in [0.2, 0.25) is 23.6 Å². The molecule has 5 N–H and O–H groups in total. The lowest BCUT2D eigenvalue weighted by atomic mass is 9.71. The van der Waals surface area contributed by atoms with Crippen LogP contribution < -0.4 is 25.6 Å². The number of aliphatic hydroxyl groups is 1. The molecule has 576 valence electrons. The van der Waals surface area contributed by atoms with Crippen LogP contribution in [0.25, 0.3) is 16.0 Å². The van der Waals surface area contributed by atoms with E-state index in [4.69, 9.17) is 16.3 Å². The van der Waals surface area contributed by atoms with Crippen molar-refractivity contribution in [1.29, 1.82) is 0 Å². The number of β-amino-alcohol motifs (C(OH)–C–C–N with tert-alkyl or cyclic N) is 1. The number of halogens is 4. The number of rotatable bonds is 28. The van der Waals surface area contributed by atoms with E-state index in [9.17, 15) is 50.7 Å². The van der Waals surface area contributed by atoms with Crippen LogP contribution in [0.2, 0.25) is 5.02 Å². The number of hydrogen-bond donors (Lipinski definition) is 5. The number of carbonyl (C=O) groups is 5. The second kappa shape index (κ2) is 36.2. The van der Waals surface area contributed by atoms with E-state index >= 15 is 0 Å². The predicted octanol–water partition coefficient (Wildman–Crippen LogP) is 12.2. The molecule has 20 nitrogen and oxygen atoms in total. The zero-order chi connectivity index (χ0) is 76.2. The van der Waals surface area contributed by atoms with Crippen molar-refractivity contribution in [3.8, 4) is 10.4 Å². The van der Waals surface area contributed by atoms with E-state index in [1.807, 2.05) is 124 Å². The predicted molar refractivity (Wildman–Crippen MR) is 418 cm³/mol. The molecule has 1 unspecified atom stereocenters. The lowest BCUT2D eigenvalue weighted by Crippen LogP contribution is -2.57. The van der Waals surface area contributed by atoms with E-state index in [0.29, 0.717) is 62.0 Å². The molecule has 11 rings (SSSR count). The Labute approximate surface area is 644 Å². The summed E-state index contributed by atoms with van der Waals surface area (Å²) < 4.78 is 77.7. The van der Waals surface area contributed by atoms with Gasteiger partial charge in [0.15, 0.2) is 0 Å². The number of allylic oxidation sites excluding steroid dienone is 1. The van der Waals surface area contributed by atoms with Gasteiger partial charge < -0.3 is 40.5 Å². The Kier molecular flexibility index (Phi) is 27.4. The van der Waals surface area contributed by atoms with Crippen LogP contribution in [0, 0.1) is 17.8 Å². The number of nitrogens with zero attached hydrogens (tertiary/aromatic N) is 7. The Morgan fingerprint density at radius 3 is 2.15 bits per heavy atom. The SMILES string of the molecule is Cc1ncsc1-c1ccc([C@H](C)NC(=O)[C@@H]2C[C@@H](O)CN2C(=O)[C@@H](NC(=O)CCCC(=O)N2CCN(CC3(C)CCC(c4ccc(Cl)cc4)=C(CN4CCN(c5ccc(C(=O)NSc6ccc(N[C@H](CCN7CCOCC7)CSc7ccccc7)c(S(=O)(=O)C(F)(F)F)c6)cc5)CC4)C3)CC2)C(C)(C)C)cc1. The number of aryl methyl sites for hydroxylation is 1. The van der Waals surface area contributed by atoms with Crippen molar-refractivity contribution in [2.45, 2.75) is 143 Å². The highest BCUT2D eigenvalue weighted by Crippen LogP contribution is 2.45. The van der Waals surface area contributed by atoms with E-state index in [-0.39, 0.29) is 65.6 Å². The second-order valence-corrected chi connectivity index (χ2v) is 35.3. The largest absolute Gasteiger partial charge is 0.501 e. The van der Waals surface area contributed by atoms with E-state index < -0.39 is 61.7 Å². The average molecular weight is 1570 g/mol. The minimum absolute atomic E-state index is 0.0184. The molecule has 5 heterocycles. The molecule has 4 fully saturated rings. The Morgan fingerprint density at radius 1 is 0.804 bits per heavy atom. The van der Waals surface area contributed by atoms with Crippen molar-refractivity contribution >= 4 is 103 Å². The quantitative estimate of drug-likeness (QED) is 0.0227.